The molecule has 0 unspecified atom stereocenters. The van der Waals surface area contributed by atoms with Crippen molar-refractivity contribution in [2.75, 3.05) is 13.7 Å². The standard InChI is InChI=1S/C29H26N2O6/c1-3-14-36-23-11-9-20(10-12-23)29(34)37-26-13-8-19(15-27(26)35-2)18-30-31-28(33)24-16-21-6-4-5-7-22(21)17-25(24)32/h4-13,15-18,32H,3,14H2,1-2H3,(H,31,33)/b30-18+. The number of nitrogens with zero attached hydrogens (tertiary/aromatic N) is 1. The average molecular weight is 499 g/mol. The lowest BCUT2D eigenvalue weighted by Gasteiger charge is -2.10. The molecule has 0 aliphatic rings. The van der Waals surface area contributed by atoms with E-state index in [9.17, 15) is 14.7 Å². The SMILES string of the molecule is CCCOc1ccc(C(=O)Oc2ccc(/C=N/NC(=O)c3cc4ccccc4cc3O)cc2OC)cc1. The summed E-state index contributed by atoms with van der Waals surface area (Å²) in [6, 6.07) is 22.1. The minimum Gasteiger partial charge on any atom is -0.507 e. The Morgan fingerprint density at radius 2 is 1.68 bits per heavy atom. The summed E-state index contributed by atoms with van der Waals surface area (Å²) in [4.78, 5) is 25.1. The van der Waals surface area contributed by atoms with Crippen LogP contribution in [0.2, 0.25) is 0 Å². The highest BCUT2D eigenvalue weighted by molar-refractivity contribution is 6.01. The molecule has 0 spiro atoms. The Hall–Kier alpha value is -4.85. The highest BCUT2D eigenvalue weighted by atomic mass is 16.6. The molecule has 8 nitrogen and oxygen atoms in total. The second kappa shape index (κ2) is 11.7. The summed E-state index contributed by atoms with van der Waals surface area (Å²) in [5.41, 5.74) is 3.49. The van der Waals surface area contributed by atoms with Crippen LogP contribution in [0.1, 0.15) is 39.6 Å². The lowest BCUT2D eigenvalue weighted by molar-refractivity contribution is 0.0729. The quantitative estimate of drug-likeness (QED) is 0.140. The van der Waals surface area contributed by atoms with E-state index < -0.39 is 11.9 Å². The summed E-state index contributed by atoms with van der Waals surface area (Å²) in [6.45, 7) is 2.62. The van der Waals surface area contributed by atoms with Crippen LogP contribution < -0.4 is 19.6 Å². The molecular formula is C29H26N2O6. The number of phenolic OH excluding ortho intramolecular Hbond substituents is 1. The number of rotatable bonds is 9. The van der Waals surface area contributed by atoms with Crippen LogP contribution in [-0.2, 0) is 0 Å². The summed E-state index contributed by atoms with van der Waals surface area (Å²) in [6.07, 6.45) is 2.31. The van der Waals surface area contributed by atoms with E-state index in [0.29, 0.717) is 29.2 Å². The van der Waals surface area contributed by atoms with Gasteiger partial charge in [0.25, 0.3) is 5.91 Å². The van der Waals surface area contributed by atoms with E-state index >= 15 is 0 Å². The molecule has 0 fully saturated rings. The first-order chi connectivity index (χ1) is 18.0. The molecule has 37 heavy (non-hydrogen) atoms. The van der Waals surface area contributed by atoms with Crippen molar-refractivity contribution in [2.45, 2.75) is 13.3 Å². The zero-order chi connectivity index (χ0) is 26.2. The molecule has 0 atom stereocenters. The lowest BCUT2D eigenvalue weighted by Crippen LogP contribution is -2.17. The molecule has 0 radical (unpaired) electrons. The van der Waals surface area contributed by atoms with Crippen LogP contribution in [0, 0.1) is 0 Å². The molecule has 0 saturated carbocycles. The van der Waals surface area contributed by atoms with Crippen molar-refractivity contribution >= 4 is 28.9 Å². The number of hydrogen-bond donors (Lipinski definition) is 2. The molecule has 0 saturated heterocycles. The third-order valence-electron chi connectivity index (χ3n) is 5.44. The van der Waals surface area contributed by atoms with E-state index in [1.807, 2.05) is 31.2 Å². The molecule has 4 aromatic carbocycles. The van der Waals surface area contributed by atoms with Gasteiger partial charge < -0.3 is 19.3 Å². The van der Waals surface area contributed by atoms with Crippen LogP contribution in [0.4, 0.5) is 0 Å². The Morgan fingerprint density at radius 3 is 2.38 bits per heavy atom. The van der Waals surface area contributed by atoms with Crippen molar-refractivity contribution in [3.63, 3.8) is 0 Å². The zero-order valence-corrected chi connectivity index (χ0v) is 20.4. The monoisotopic (exact) mass is 498 g/mol. The fourth-order valence-electron chi connectivity index (χ4n) is 3.55. The predicted molar refractivity (Wildman–Crippen MR) is 141 cm³/mol. The number of hydrazone groups is 1. The molecule has 4 aromatic rings. The number of aromatic hydroxyl groups is 1. The van der Waals surface area contributed by atoms with Crippen molar-refractivity contribution in [3.05, 3.63) is 95.6 Å². The fraction of sp³-hybridized carbons (Fsp3) is 0.138. The average Bonchev–Trinajstić information content (AvgIpc) is 2.92. The number of carbonyl (C=O) groups is 2. The van der Waals surface area contributed by atoms with E-state index in [4.69, 9.17) is 14.2 Å². The Balaban J connectivity index is 1.41. The van der Waals surface area contributed by atoms with E-state index in [0.717, 1.165) is 17.2 Å². The van der Waals surface area contributed by atoms with Gasteiger partial charge in [-0.2, -0.15) is 5.10 Å². The minimum atomic E-state index is -0.553. The number of amides is 1. The van der Waals surface area contributed by atoms with Crippen LogP contribution in [0.5, 0.6) is 23.0 Å². The maximum absolute atomic E-state index is 12.6. The van der Waals surface area contributed by atoms with Gasteiger partial charge in [-0.15, -0.1) is 0 Å². The van der Waals surface area contributed by atoms with Gasteiger partial charge in [-0.05, 0) is 77.4 Å². The molecule has 2 N–H and O–H groups in total. The van der Waals surface area contributed by atoms with Crippen molar-refractivity contribution in [1.82, 2.24) is 5.43 Å². The number of ether oxygens (including phenoxy) is 3. The Kier molecular flexibility index (Phi) is 8.00. The molecule has 0 aliphatic carbocycles. The van der Waals surface area contributed by atoms with Gasteiger partial charge in [0.05, 0.1) is 31.1 Å². The van der Waals surface area contributed by atoms with Gasteiger partial charge >= 0.3 is 5.97 Å². The maximum atomic E-state index is 12.6. The summed E-state index contributed by atoms with van der Waals surface area (Å²) >= 11 is 0. The van der Waals surface area contributed by atoms with E-state index in [2.05, 4.69) is 10.5 Å². The molecule has 4 rings (SSSR count). The van der Waals surface area contributed by atoms with Crippen LogP contribution in [-0.4, -0.2) is 36.9 Å². The Bertz CT molecular complexity index is 1450. The molecule has 8 heteroatoms. The first-order valence-corrected chi connectivity index (χ1v) is 11.7. The maximum Gasteiger partial charge on any atom is 0.343 e. The van der Waals surface area contributed by atoms with Gasteiger partial charge in [0, 0.05) is 0 Å². The van der Waals surface area contributed by atoms with Gasteiger partial charge in [0.15, 0.2) is 11.5 Å². The van der Waals surface area contributed by atoms with Gasteiger partial charge in [0.1, 0.15) is 11.5 Å². The summed E-state index contributed by atoms with van der Waals surface area (Å²) < 4.78 is 16.4. The number of fused-ring (bicyclic) bond motifs is 1. The number of esters is 1. The zero-order valence-electron chi connectivity index (χ0n) is 20.4. The molecule has 0 aromatic heterocycles. The van der Waals surface area contributed by atoms with E-state index in [-0.39, 0.29) is 17.1 Å². The Labute approximate surface area is 214 Å². The smallest absolute Gasteiger partial charge is 0.343 e. The van der Waals surface area contributed by atoms with Crippen molar-refractivity contribution < 1.29 is 28.9 Å². The molecule has 0 aliphatic heterocycles. The van der Waals surface area contributed by atoms with Gasteiger partial charge in [-0.3, -0.25) is 4.79 Å². The fourth-order valence-corrected chi connectivity index (χ4v) is 3.55. The number of carbonyl (C=O) groups excluding carboxylic acids is 2. The molecule has 1 amide bonds. The first kappa shape index (κ1) is 25.2. The number of nitrogens with one attached hydrogen (secondary N) is 1. The van der Waals surface area contributed by atoms with Crippen molar-refractivity contribution in [2.24, 2.45) is 5.10 Å². The van der Waals surface area contributed by atoms with E-state index in [1.54, 1.807) is 48.5 Å². The molecule has 188 valence electrons. The van der Waals surface area contributed by atoms with Crippen LogP contribution >= 0.6 is 0 Å². The van der Waals surface area contributed by atoms with Crippen molar-refractivity contribution in [3.8, 4) is 23.0 Å². The van der Waals surface area contributed by atoms with Crippen LogP contribution in [0.25, 0.3) is 10.8 Å². The number of phenols is 1. The molecule has 0 heterocycles. The topological polar surface area (TPSA) is 106 Å². The van der Waals surface area contributed by atoms with Gasteiger partial charge in [-0.25, -0.2) is 10.2 Å². The first-order valence-electron chi connectivity index (χ1n) is 11.7. The third kappa shape index (κ3) is 6.24. The lowest BCUT2D eigenvalue weighted by atomic mass is 10.1. The largest absolute Gasteiger partial charge is 0.507 e. The second-order valence-electron chi connectivity index (χ2n) is 8.09. The summed E-state index contributed by atoms with van der Waals surface area (Å²) in [7, 11) is 1.46. The summed E-state index contributed by atoms with van der Waals surface area (Å²) in [5, 5.41) is 15.8. The normalized spacial score (nSPS) is 10.9. The molecular weight excluding hydrogens is 472 g/mol. The second-order valence-corrected chi connectivity index (χ2v) is 8.09. The van der Waals surface area contributed by atoms with Crippen LogP contribution in [0.3, 0.4) is 0 Å². The Morgan fingerprint density at radius 1 is 0.946 bits per heavy atom. The summed E-state index contributed by atoms with van der Waals surface area (Å²) in [5.74, 6) is 0.0111. The number of hydrogen-bond acceptors (Lipinski definition) is 7. The highest BCUT2D eigenvalue weighted by Crippen LogP contribution is 2.29. The highest BCUT2D eigenvalue weighted by Gasteiger charge is 2.14. The minimum absolute atomic E-state index is 0.112. The third-order valence-corrected chi connectivity index (χ3v) is 5.44. The number of methoxy groups -OCH3 is 1. The number of benzene rings is 4. The molecule has 0 bridgehead atoms. The van der Waals surface area contributed by atoms with E-state index in [1.165, 1.54) is 19.4 Å². The van der Waals surface area contributed by atoms with Gasteiger partial charge in [0.2, 0.25) is 0 Å². The predicted octanol–water partition coefficient (Wildman–Crippen LogP) is 5.33. The van der Waals surface area contributed by atoms with Gasteiger partial charge in [-0.1, -0.05) is 31.2 Å². The van der Waals surface area contributed by atoms with Crippen molar-refractivity contribution in [1.29, 1.82) is 0 Å². The van der Waals surface area contributed by atoms with Crippen LogP contribution in [0.15, 0.2) is 84.0 Å².